The Morgan fingerprint density at radius 2 is 2.18 bits per heavy atom. The smallest absolute Gasteiger partial charge is 0.335 e. The molecule has 0 unspecified atom stereocenters. The molecule has 0 amide bonds. The van der Waals surface area contributed by atoms with E-state index in [-0.39, 0.29) is 5.56 Å². The molecule has 2 rings (SSSR count). The average molecular weight is 230 g/mol. The maximum absolute atomic E-state index is 10.8. The van der Waals surface area contributed by atoms with Crippen molar-refractivity contribution in [3.63, 3.8) is 0 Å². The molecule has 0 aliphatic carbocycles. The highest BCUT2D eigenvalue weighted by Gasteiger charge is 2.07. The lowest BCUT2D eigenvalue weighted by atomic mass is 10.1. The van der Waals surface area contributed by atoms with Crippen LogP contribution in [0.2, 0.25) is 0 Å². The van der Waals surface area contributed by atoms with E-state index in [1.165, 1.54) is 12.1 Å². The largest absolute Gasteiger partial charge is 0.792 e. The molecule has 2 aromatic rings. The number of carbonyl (C=O) groups is 1. The van der Waals surface area contributed by atoms with Gasteiger partial charge in [0.05, 0.1) is 11.8 Å². The highest BCUT2D eigenvalue weighted by atomic mass is 16.4. The molecular weight excluding hydrogens is 222 g/mol. The zero-order chi connectivity index (χ0) is 12.3. The van der Waals surface area contributed by atoms with Crippen LogP contribution in [0.15, 0.2) is 46.0 Å². The minimum absolute atomic E-state index is 0.179. The van der Waals surface area contributed by atoms with Gasteiger partial charge in [-0.05, 0) is 24.3 Å². The van der Waals surface area contributed by atoms with Gasteiger partial charge in [-0.3, -0.25) is 0 Å². The van der Waals surface area contributed by atoms with Crippen molar-refractivity contribution in [2.24, 2.45) is 5.16 Å². The molecule has 1 aromatic heterocycles. The van der Waals surface area contributed by atoms with Crippen molar-refractivity contribution >= 4 is 12.2 Å². The summed E-state index contributed by atoms with van der Waals surface area (Å²) in [6, 6.07) is 9.59. The van der Waals surface area contributed by atoms with Crippen LogP contribution in [0.4, 0.5) is 0 Å². The predicted octanol–water partition coefficient (Wildman–Crippen LogP) is 2.56. The monoisotopic (exact) mass is 230 g/mol. The fourth-order valence-corrected chi connectivity index (χ4v) is 1.43. The summed E-state index contributed by atoms with van der Waals surface area (Å²) in [5.74, 6) is -0.182. The molecule has 5 heteroatoms. The maximum atomic E-state index is 10.8. The third-order valence-corrected chi connectivity index (χ3v) is 2.20. The van der Waals surface area contributed by atoms with E-state index in [1.807, 2.05) is 0 Å². The molecule has 1 N–H and O–H groups in total. The topological polar surface area (TPSA) is 85.9 Å². The van der Waals surface area contributed by atoms with E-state index in [0.29, 0.717) is 17.1 Å². The Morgan fingerprint density at radius 3 is 2.88 bits per heavy atom. The molecule has 0 aliphatic rings. The molecule has 0 fully saturated rings. The highest BCUT2D eigenvalue weighted by Crippen LogP contribution is 2.22. The van der Waals surface area contributed by atoms with Crippen molar-refractivity contribution in [1.82, 2.24) is 0 Å². The number of rotatable bonds is 3. The van der Waals surface area contributed by atoms with E-state index in [1.54, 1.807) is 24.3 Å². The fourth-order valence-electron chi connectivity index (χ4n) is 1.43. The van der Waals surface area contributed by atoms with Crippen LogP contribution < -0.4 is 0 Å². The number of hydrogen-bond donors (Lipinski definition) is 1. The normalized spacial score (nSPS) is 10.8. The number of carboxylic acid groups (broad SMARTS) is 1. The van der Waals surface area contributed by atoms with Crippen molar-refractivity contribution in [2.45, 2.75) is 0 Å². The van der Waals surface area contributed by atoms with E-state index >= 15 is 0 Å². The molecule has 0 saturated heterocycles. The van der Waals surface area contributed by atoms with Crippen LogP contribution in [0.5, 0.6) is 0 Å². The van der Waals surface area contributed by atoms with E-state index in [4.69, 9.17) is 9.52 Å². The van der Waals surface area contributed by atoms with Crippen LogP contribution in [0, 0.1) is 5.21 Å². The van der Waals surface area contributed by atoms with Gasteiger partial charge in [0.2, 0.25) is 0 Å². The van der Waals surface area contributed by atoms with Gasteiger partial charge < -0.3 is 19.9 Å². The van der Waals surface area contributed by atoms with Crippen molar-refractivity contribution < 1.29 is 14.3 Å². The standard InChI is InChI=1S/C12H9NO4/c14-12(15)9-3-1-2-8(6-9)11-5-4-10(17-11)7-13-16/h1-7,16H,(H,14,15)/p-1/b13-7-. The molecule has 1 aromatic carbocycles. The van der Waals surface area contributed by atoms with Crippen LogP contribution in [0.1, 0.15) is 16.1 Å². The molecule has 0 atom stereocenters. The number of aromatic carboxylic acids is 1. The van der Waals surface area contributed by atoms with Crippen LogP contribution in [-0.4, -0.2) is 17.3 Å². The van der Waals surface area contributed by atoms with Crippen LogP contribution in [0.25, 0.3) is 11.3 Å². The Bertz CT molecular complexity index is 571. The molecule has 0 spiro atoms. The van der Waals surface area contributed by atoms with Crippen molar-refractivity contribution in [3.8, 4) is 11.3 Å². The summed E-state index contributed by atoms with van der Waals surface area (Å²) < 4.78 is 5.30. The number of nitrogens with zero attached hydrogens (tertiary/aromatic N) is 1. The summed E-state index contributed by atoms with van der Waals surface area (Å²) >= 11 is 0. The summed E-state index contributed by atoms with van der Waals surface area (Å²) in [5.41, 5.74) is 0.813. The minimum atomic E-state index is -1.00. The highest BCUT2D eigenvalue weighted by molar-refractivity contribution is 5.89. The van der Waals surface area contributed by atoms with Gasteiger partial charge in [0.15, 0.2) is 0 Å². The van der Waals surface area contributed by atoms with Gasteiger partial charge in [-0.2, -0.15) is 0 Å². The van der Waals surface area contributed by atoms with Crippen LogP contribution in [0.3, 0.4) is 0 Å². The molecule has 17 heavy (non-hydrogen) atoms. The second-order valence-corrected chi connectivity index (χ2v) is 3.32. The number of benzene rings is 1. The molecule has 0 aliphatic heterocycles. The third-order valence-electron chi connectivity index (χ3n) is 2.20. The van der Waals surface area contributed by atoms with Crippen molar-refractivity contribution in [2.75, 3.05) is 0 Å². The summed E-state index contributed by atoms with van der Waals surface area (Å²) in [7, 11) is 0. The average Bonchev–Trinajstić information content (AvgIpc) is 2.78. The summed E-state index contributed by atoms with van der Waals surface area (Å²) in [6.45, 7) is 0. The first-order chi connectivity index (χ1) is 8.20. The first-order valence-corrected chi connectivity index (χ1v) is 4.80. The lowest BCUT2D eigenvalue weighted by Crippen LogP contribution is -1.95. The Hall–Kier alpha value is -2.56. The van der Waals surface area contributed by atoms with E-state index in [2.05, 4.69) is 5.16 Å². The number of carboxylic acids is 1. The maximum Gasteiger partial charge on any atom is 0.335 e. The number of furan rings is 1. The molecule has 0 saturated carbocycles. The molecule has 86 valence electrons. The van der Waals surface area contributed by atoms with Gasteiger partial charge in [-0.25, -0.2) is 4.79 Å². The third kappa shape index (κ3) is 2.34. The van der Waals surface area contributed by atoms with Gasteiger partial charge in [-0.1, -0.05) is 12.1 Å². The molecule has 1 heterocycles. The lowest BCUT2D eigenvalue weighted by molar-refractivity contribution is 0.0697. The van der Waals surface area contributed by atoms with E-state index in [9.17, 15) is 10.0 Å². The zero-order valence-corrected chi connectivity index (χ0v) is 8.66. The Balaban J connectivity index is 2.38. The first-order valence-electron chi connectivity index (χ1n) is 4.80. The Kier molecular flexibility index (Phi) is 2.91. The Labute approximate surface area is 96.6 Å². The summed E-state index contributed by atoms with van der Waals surface area (Å²) in [6.07, 6.45) is 1.05. The van der Waals surface area contributed by atoms with Gasteiger partial charge >= 0.3 is 5.97 Å². The Morgan fingerprint density at radius 1 is 1.35 bits per heavy atom. The van der Waals surface area contributed by atoms with Gasteiger partial charge in [-0.15, -0.1) is 0 Å². The zero-order valence-electron chi connectivity index (χ0n) is 8.66. The van der Waals surface area contributed by atoms with E-state index in [0.717, 1.165) is 6.21 Å². The van der Waals surface area contributed by atoms with Gasteiger partial charge in [0, 0.05) is 5.56 Å². The van der Waals surface area contributed by atoms with E-state index < -0.39 is 5.97 Å². The minimum Gasteiger partial charge on any atom is -0.792 e. The SMILES string of the molecule is O=C(O)c1cccc(-c2ccc(/C=N\[O-])o2)c1. The molecular formula is C12H8NO4-. The van der Waals surface area contributed by atoms with Crippen LogP contribution in [-0.2, 0) is 0 Å². The molecule has 0 radical (unpaired) electrons. The molecule has 5 nitrogen and oxygen atoms in total. The quantitative estimate of drug-likeness (QED) is 0.648. The second-order valence-electron chi connectivity index (χ2n) is 3.32. The van der Waals surface area contributed by atoms with Crippen molar-refractivity contribution in [1.29, 1.82) is 0 Å². The first kappa shape index (κ1) is 10.9. The predicted molar refractivity (Wildman–Crippen MR) is 62.1 cm³/mol. The van der Waals surface area contributed by atoms with Crippen molar-refractivity contribution in [3.05, 3.63) is 52.9 Å². The summed E-state index contributed by atoms with van der Waals surface area (Å²) in [5, 5.41) is 21.5. The number of hydrogen-bond acceptors (Lipinski definition) is 4. The fraction of sp³-hybridized carbons (Fsp3) is 0. The summed E-state index contributed by atoms with van der Waals surface area (Å²) in [4.78, 5) is 10.8. The van der Waals surface area contributed by atoms with Gasteiger partial charge in [0.25, 0.3) is 0 Å². The molecule has 0 bridgehead atoms. The van der Waals surface area contributed by atoms with Crippen LogP contribution >= 0.6 is 0 Å². The lowest BCUT2D eigenvalue weighted by Gasteiger charge is -1.98. The second kappa shape index (κ2) is 4.52. The van der Waals surface area contributed by atoms with Gasteiger partial charge in [0.1, 0.15) is 11.5 Å².